The van der Waals surface area contributed by atoms with E-state index in [2.05, 4.69) is 58.9 Å². The zero-order chi connectivity index (χ0) is 20.7. The van der Waals surface area contributed by atoms with Crippen molar-refractivity contribution in [1.29, 1.82) is 0 Å². The highest BCUT2D eigenvalue weighted by Crippen LogP contribution is 2.40. The quantitative estimate of drug-likeness (QED) is 0.394. The number of ether oxygens (including phenoxy) is 1. The fraction of sp³-hybridized carbons (Fsp3) is 0.478. The summed E-state index contributed by atoms with van der Waals surface area (Å²) in [6.45, 7) is 6.10. The van der Waals surface area contributed by atoms with Crippen LogP contribution in [0.15, 0.2) is 33.6 Å². The Kier molecular flexibility index (Phi) is 6.06. The second-order valence-corrected chi connectivity index (χ2v) is 11.3. The minimum atomic E-state index is 0.216. The van der Waals surface area contributed by atoms with Crippen LogP contribution in [0.2, 0.25) is 0 Å². The summed E-state index contributed by atoms with van der Waals surface area (Å²) < 4.78 is 7.10. The molecule has 5 rings (SSSR count). The Hall–Kier alpha value is -1.15. The van der Waals surface area contributed by atoms with Gasteiger partial charge in [0.05, 0.1) is 23.3 Å². The normalized spacial score (nSPS) is 21.8. The van der Waals surface area contributed by atoms with Crippen molar-refractivity contribution < 1.29 is 4.74 Å². The maximum absolute atomic E-state index is 6.00. The van der Waals surface area contributed by atoms with Crippen LogP contribution in [0.25, 0.3) is 10.2 Å². The van der Waals surface area contributed by atoms with Crippen molar-refractivity contribution in [2.45, 2.75) is 62.4 Å². The number of rotatable bonds is 4. The van der Waals surface area contributed by atoms with Gasteiger partial charge in [0.1, 0.15) is 16.5 Å². The Morgan fingerprint density at radius 2 is 1.83 bits per heavy atom. The van der Waals surface area contributed by atoms with Gasteiger partial charge in [-0.25, -0.2) is 9.97 Å². The van der Waals surface area contributed by atoms with E-state index in [0.29, 0.717) is 0 Å². The number of thiophene rings is 1. The molecular weight excluding hydrogens is 478 g/mol. The highest BCUT2D eigenvalue weighted by atomic mass is 79.9. The smallest absolute Gasteiger partial charge is 0.142 e. The first-order valence-electron chi connectivity index (χ1n) is 10.7. The molecule has 0 unspecified atom stereocenters. The number of aryl methyl sites for hydroxylation is 2. The first-order chi connectivity index (χ1) is 14.6. The number of anilines is 1. The van der Waals surface area contributed by atoms with E-state index < -0.39 is 0 Å². The molecule has 2 aromatic heterocycles. The van der Waals surface area contributed by atoms with E-state index in [4.69, 9.17) is 14.7 Å². The second-order valence-electron chi connectivity index (χ2n) is 8.26. The van der Waals surface area contributed by atoms with Crippen molar-refractivity contribution in [1.82, 2.24) is 9.97 Å². The number of benzene rings is 1. The van der Waals surface area contributed by atoms with Gasteiger partial charge in [0.2, 0.25) is 0 Å². The average molecular weight is 505 g/mol. The lowest BCUT2D eigenvalue weighted by Crippen LogP contribution is -2.46. The first kappa shape index (κ1) is 20.7. The maximum Gasteiger partial charge on any atom is 0.142 e. The fourth-order valence-corrected chi connectivity index (χ4v) is 6.80. The number of fused-ring (bicyclic) bond motifs is 3. The van der Waals surface area contributed by atoms with Gasteiger partial charge in [-0.05, 0) is 69.4 Å². The summed E-state index contributed by atoms with van der Waals surface area (Å²) in [4.78, 5) is 16.5. The van der Waals surface area contributed by atoms with Crippen molar-refractivity contribution in [3.8, 4) is 0 Å². The Labute approximate surface area is 194 Å². The molecule has 158 valence electrons. The Balaban J connectivity index is 1.53. The van der Waals surface area contributed by atoms with Crippen LogP contribution in [0, 0.1) is 0 Å². The van der Waals surface area contributed by atoms with Gasteiger partial charge in [0, 0.05) is 27.3 Å². The first-order valence-corrected chi connectivity index (χ1v) is 13.3. The molecule has 1 fully saturated rings. The third-order valence-corrected chi connectivity index (χ3v) is 8.46. The number of halogens is 1. The summed E-state index contributed by atoms with van der Waals surface area (Å²) in [5.41, 5.74) is 1.51. The molecule has 1 saturated heterocycles. The van der Waals surface area contributed by atoms with Gasteiger partial charge >= 0.3 is 0 Å². The number of nitrogens with zero attached hydrogens (tertiary/aromatic N) is 3. The lowest BCUT2D eigenvalue weighted by Gasteiger charge is -2.36. The van der Waals surface area contributed by atoms with Gasteiger partial charge in [0.25, 0.3) is 0 Å². The lowest BCUT2D eigenvalue weighted by atomic mass is 9.96. The zero-order valence-electron chi connectivity index (χ0n) is 17.4. The minimum Gasteiger partial charge on any atom is -0.372 e. The molecule has 4 nitrogen and oxygen atoms in total. The molecule has 0 bridgehead atoms. The van der Waals surface area contributed by atoms with E-state index in [1.54, 1.807) is 11.8 Å². The highest BCUT2D eigenvalue weighted by Gasteiger charge is 2.28. The number of aromatic nitrogens is 2. The molecule has 30 heavy (non-hydrogen) atoms. The Morgan fingerprint density at radius 3 is 2.60 bits per heavy atom. The molecule has 0 radical (unpaired) electrons. The van der Waals surface area contributed by atoms with Crippen LogP contribution in [0.1, 0.15) is 43.0 Å². The molecule has 0 N–H and O–H groups in total. The van der Waals surface area contributed by atoms with Gasteiger partial charge in [-0.1, -0.05) is 15.9 Å². The van der Waals surface area contributed by atoms with Crippen LogP contribution in [0.4, 0.5) is 5.82 Å². The van der Waals surface area contributed by atoms with Gasteiger partial charge in [-0.3, -0.25) is 0 Å². The molecule has 0 amide bonds. The SMILES string of the molecule is C[C@H]1CN(c2nc(CSc3ccc(Br)cc3)nc3sc4c(c23)CCCC4)C[C@H](C)O1. The monoisotopic (exact) mass is 503 g/mol. The van der Waals surface area contributed by atoms with Gasteiger partial charge in [-0.2, -0.15) is 0 Å². The molecule has 3 aromatic rings. The zero-order valence-corrected chi connectivity index (χ0v) is 20.6. The maximum atomic E-state index is 6.00. The third kappa shape index (κ3) is 4.27. The standard InChI is InChI=1S/C23H26BrN3OS2/c1-14-11-27(12-15(2)28-14)22-21-18-5-3-4-6-19(18)30-23(21)26-20(25-22)13-29-17-9-7-16(24)8-10-17/h7-10,14-15H,3-6,11-13H2,1-2H3/t14-,15-/m0/s1. The molecule has 1 aliphatic heterocycles. The summed E-state index contributed by atoms with van der Waals surface area (Å²) in [7, 11) is 0. The van der Waals surface area contributed by atoms with Gasteiger partial charge < -0.3 is 9.64 Å². The molecular formula is C23H26BrN3OS2. The minimum absolute atomic E-state index is 0.216. The Morgan fingerprint density at radius 1 is 1.10 bits per heavy atom. The van der Waals surface area contributed by atoms with Crippen LogP contribution in [0.3, 0.4) is 0 Å². The summed E-state index contributed by atoms with van der Waals surface area (Å²) >= 11 is 7.20. The summed E-state index contributed by atoms with van der Waals surface area (Å²) in [5, 5.41) is 1.31. The molecule has 0 saturated carbocycles. The summed E-state index contributed by atoms with van der Waals surface area (Å²) in [6.07, 6.45) is 5.35. The third-order valence-electron chi connectivity index (χ3n) is 5.74. The van der Waals surface area contributed by atoms with E-state index in [-0.39, 0.29) is 12.2 Å². The van der Waals surface area contributed by atoms with Crippen LogP contribution in [-0.4, -0.2) is 35.3 Å². The van der Waals surface area contributed by atoms with Crippen LogP contribution < -0.4 is 4.90 Å². The van der Waals surface area contributed by atoms with Crippen molar-refractivity contribution in [2.24, 2.45) is 0 Å². The predicted octanol–water partition coefficient (Wildman–Crippen LogP) is 6.24. The van der Waals surface area contributed by atoms with E-state index in [9.17, 15) is 0 Å². The molecule has 3 heterocycles. The van der Waals surface area contributed by atoms with E-state index >= 15 is 0 Å². The average Bonchev–Trinajstić information content (AvgIpc) is 3.10. The number of thioether (sulfide) groups is 1. The second kappa shape index (κ2) is 8.77. The predicted molar refractivity (Wildman–Crippen MR) is 130 cm³/mol. The molecule has 7 heteroatoms. The van der Waals surface area contributed by atoms with Crippen LogP contribution in [-0.2, 0) is 23.3 Å². The van der Waals surface area contributed by atoms with Gasteiger partial charge in [-0.15, -0.1) is 23.1 Å². The number of hydrogen-bond donors (Lipinski definition) is 0. The van der Waals surface area contributed by atoms with Crippen molar-refractivity contribution in [2.75, 3.05) is 18.0 Å². The molecule has 2 aliphatic rings. The molecule has 1 aliphatic carbocycles. The van der Waals surface area contributed by atoms with E-state index in [1.807, 2.05) is 11.3 Å². The van der Waals surface area contributed by atoms with E-state index in [1.165, 1.54) is 44.8 Å². The van der Waals surface area contributed by atoms with Crippen molar-refractivity contribution in [3.63, 3.8) is 0 Å². The summed E-state index contributed by atoms with van der Waals surface area (Å²) in [5.74, 6) is 2.84. The van der Waals surface area contributed by atoms with Gasteiger partial charge in [0.15, 0.2) is 0 Å². The van der Waals surface area contributed by atoms with Crippen LogP contribution in [0.5, 0.6) is 0 Å². The summed E-state index contributed by atoms with van der Waals surface area (Å²) in [6, 6.07) is 8.45. The number of morpholine rings is 1. The number of hydrogen-bond acceptors (Lipinski definition) is 6. The topological polar surface area (TPSA) is 38.2 Å². The van der Waals surface area contributed by atoms with E-state index in [0.717, 1.165) is 41.4 Å². The molecule has 1 aromatic carbocycles. The Bertz CT molecular complexity index is 1040. The lowest BCUT2D eigenvalue weighted by molar-refractivity contribution is -0.00538. The fourth-order valence-electron chi connectivity index (χ4n) is 4.50. The highest BCUT2D eigenvalue weighted by molar-refractivity contribution is 9.10. The largest absolute Gasteiger partial charge is 0.372 e. The molecule has 2 atom stereocenters. The van der Waals surface area contributed by atoms with Crippen LogP contribution >= 0.6 is 39.0 Å². The molecule has 0 spiro atoms. The van der Waals surface area contributed by atoms with Crippen molar-refractivity contribution >= 4 is 55.1 Å². The van der Waals surface area contributed by atoms with Crippen molar-refractivity contribution in [3.05, 3.63) is 45.0 Å².